The SMILES string of the molecule is O=C(COC(=O)C1Cc2ccccc2CN1C(=O)c1ccco1)Nc1ccccc1C(F)(F)F. The molecule has 10 heteroatoms. The van der Waals surface area contributed by atoms with Gasteiger partial charge in [0.15, 0.2) is 12.4 Å². The van der Waals surface area contributed by atoms with Crippen LogP contribution in [0, 0.1) is 0 Å². The third-order valence-electron chi connectivity index (χ3n) is 5.37. The number of esters is 1. The summed E-state index contributed by atoms with van der Waals surface area (Å²) in [5, 5.41) is 2.12. The monoisotopic (exact) mass is 472 g/mol. The van der Waals surface area contributed by atoms with Crippen molar-refractivity contribution in [2.24, 2.45) is 0 Å². The molecular formula is C24H19F3N2O5. The number of fused-ring (bicyclic) bond motifs is 1. The highest BCUT2D eigenvalue weighted by Gasteiger charge is 2.37. The minimum Gasteiger partial charge on any atom is -0.459 e. The zero-order chi connectivity index (χ0) is 24.3. The number of nitrogens with one attached hydrogen (secondary N) is 1. The van der Waals surface area contributed by atoms with Crippen LogP contribution in [0.3, 0.4) is 0 Å². The Bertz CT molecular complexity index is 1210. The lowest BCUT2D eigenvalue weighted by molar-refractivity contribution is -0.152. The number of amides is 2. The number of rotatable bonds is 5. The van der Waals surface area contributed by atoms with Gasteiger partial charge in [0.25, 0.3) is 11.8 Å². The number of furan rings is 1. The van der Waals surface area contributed by atoms with E-state index in [1.807, 2.05) is 18.2 Å². The molecule has 2 aromatic carbocycles. The Morgan fingerprint density at radius 1 is 1.00 bits per heavy atom. The standard InChI is InChI=1S/C24H19F3N2O5/c25-24(26,27)17-8-3-4-9-18(17)28-21(30)14-34-23(32)19-12-15-6-1-2-7-16(15)13-29(19)22(31)20-10-5-11-33-20/h1-11,19H,12-14H2,(H,28,30). The Hall–Kier alpha value is -4.08. The average molecular weight is 472 g/mol. The van der Waals surface area contributed by atoms with Gasteiger partial charge in [-0.3, -0.25) is 9.59 Å². The van der Waals surface area contributed by atoms with Gasteiger partial charge in [0.05, 0.1) is 17.5 Å². The van der Waals surface area contributed by atoms with E-state index in [0.29, 0.717) is 0 Å². The minimum absolute atomic E-state index is 0.0404. The fourth-order valence-electron chi connectivity index (χ4n) is 3.75. The second-order valence-electron chi connectivity index (χ2n) is 7.60. The van der Waals surface area contributed by atoms with E-state index < -0.39 is 47.9 Å². The molecular weight excluding hydrogens is 453 g/mol. The van der Waals surface area contributed by atoms with Gasteiger partial charge in [-0.15, -0.1) is 0 Å². The number of halogens is 3. The largest absolute Gasteiger partial charge is 0.459 e. The smallest absolute Gasteiger partial charge is 0.418 e. The highest BCUT2D eigenvalue weighted by atomic mass is 19.4. The molecule has 1 unspecified atom stereocenters. The summed E-state index contributed by atoms with van der Waals surface area (Å²) in [5.41, 5.74) is 0.232. The summed E-state index contributed by atoms with van der Waals surface area (Å²) in [6.07, 6.45) is -3.18. The number of carbonyl (C=O) groups is 3. The molecule has 1 aromatic heterocycles. The molecule has 0 aliphatic carbocycles. The topological polar surface area (TPSA) is 88.9 Å². The molecule has 7 nitrogen and oxygen atoms in total. The molecule has 2 amide bonds. The Kier molecular flexibility index (Phi) is 6.40. The van der Waals surface area contributed by atoms with Crippen LogP contribution in [0.2, 0.25) is 0 Å². The van der Waals surface area contributed by atoms with Gasteiger partial charge in [-0.05, 0) is 35.4 Å². The van der Waals surface area contributed by atoms with Crippen molar-refractivity contribution in [3.8, 4) is 0 Å². The van der Waals surface area contributed by atoms with E-state index in [2.05, 4.69) is 5.32 Å². The molecule has 3 aromatic rings. The maximum absolute atomic E-state index is 13.1. The Morgan fingerprint density at radius 2 is 1.71 bits per heavy atom. The molecule has 1 N–H and O–H groups in total. The summed E-state index contributed by atoms with van der Waals surface area (Å²) >= 11 is 0. The Morgan fingerprint density at radius 3 is 2.41 bits per heavy atom. The van der Waals surface area contributed by atoms with Crippen molar-refractivity contribution in [2.75, 3.05) is 11.9 Å². The zero-order valence-electron chi connectivity index (χ0n) is 17.7. The summed E-state index contributed by atoms with van der Waals surface area (Å²) < 4.78 is 49.7. The molecule has 34 heavy (non-hydrogen) atoms. The molecule has 0 saturated heterocycles. The maximum atomic E-state index is 13.1. The number of ether oxygens (including phenoxy) is 1. The van der Waals surface area contributed by atoms with E-state index in [9.17, 15) is 27.6 Å². The van der Waals surface area contributed by atoms with Crippen LogP contribution in [-0.2, 0) is 33.5 Å². The second-order valence-corrected chi connectivity index (χ2v) is 7.60. The highest BCUT2D eigenvalue weighted by Crippen LogP contribution is 2.34. The minimum atomic E-state index is -4.66. The van der Waals surface area contributed by atoms with Gasteiger partial charge in [-0.25, -0.2) is 4.79 Å². The molecule has 0 radical (unpaired) electrons. The number of carbonyl (C=O) groups excluding carboxylic acids is 3. The molecule has 1 aliphatic heterocycles. The van der Waals surface area contributed by atoms with Gasteiger partial charge < -0.3 is 19.4 Å². The van der Waals surface area contributed by atoms with Crippen molar-refractivity contribution in [1.29, 1.82) is 0 Å². The number of hydrogen-bond acceptors (Lipinski definition) is 5. The van der Waals surface area contributed by atoms with E-state index in [4.69, 9.17) is 9.15 Å². The predicted molar refractivity (Wildman–Crippen MR) is 114 cm³/mol. The first-order chi connectivity index (χ1) is 16.2. The van der Waals surface area contributed by atoms with E-state index in [-0.39, 0.29) is 18.7 Å². The van der Waals surface area contributed by atoms with Gasteiger partial charge in [-0.2, -0.15) is 13.2 Å². The fourth-order valence-corrected chi connectivity index (χ4v) is 3.75. The third-order valence-corrected chi connectivity index (χ3v) is 5.37. The Balaban J connectivity index is 1.47. The summed E-state index contributed by atoms with van der Waals surface area (Å²) in [4.78, 5) is 39.3. The van der Waals surface area contributed by atoms with E-state index in [1.165, 1.54) is 29.4 Å². The lowest BCUT2D eigenvalue weighted by Crippen LogP contribution is -2.49. The normalized spacial score (nSPS) is 15.4. The van der Waals surface area contributed by atoms with Gasteiger partial charge in [0, 0.05) is 13.0 Å². The average Bonchev–Trinajstić information content (AvgIpc) is 3.36. The third kappa shape index (κ3) is 4.95. The van der Waals surface area contributed by atoms with Gasteiger partial charge in [0.1, 0.15) is 6.04 Å². The molecule has 1 aliphatic rings. The van der Waals surface area contributed by atoms with Crippen LogP contribution in [0.5, 0.6) is 0 Å². The van der Waals surface area contributed by atoms with Crippen molar-refractivity contribution < 1.29 is 36.7 Å². The molecule has 0 spiro atoms. The zero-order valence-corrected chi connectivity index (χ0v) is 17.7. The summed E-state index contributed by atoms with van der Waals surface area (Å²) in [6, 6.07) is 13.7. The van der Waals surface area contributed by atoms with Crippen molar-refractivity contribution >= 4 is 23.5 Å². The van der Waals surface area contributed by atoms with Gasteiger partial charge in [-0.1, -0.05) is 36.4 Å². The van der Waals surface area contributed by atoms with Crippen LogP contribution in [0.25, 0.3) is 0 Å². The molecule has 4 rings (SSSR count). The molecule has 1 atom stereocenters. The highest BCUT2D eigenvalue weighted by molar-refractivity contribution is 5.96. The Labute approximate surface area is 192 Å². The number of nitrogens with zero attached hydrogens (tertiary/aromatic N) is 1. The number of anilines is 1. The lowest BCUT2D eigenvalue weighted by atomic mass is 9.93. The van der Waals surface area contributed by atoms with Crippen molar-refractivity contribution in [2.45, 2.75) is 25.2 Å². The molecule has 0 bridgehead atoms. The van der Waals surface area contributed by atoms with Crippen LogP contribution < -0.4 is 5.32 Å². The number of alkyl halides is 3. The number of para-hydroxylation sites is 1. The first-order valence-corrected chi connectivity index (χ1v) is 10.3. The van der Waals surface area contributed by atoms with Crippen molar-refractivity contribution in [1.82, 2.24) is 4.90 Å². The van der Waals surface area contributed by atoms with Gasteiger partial charge in [0.2, 0.25) is 0 Å². The molecule has 0 saturated carbocycles. The second kappa shape index (κ2) is 9.42. The quantitative estimate of drug-likeness (QED) is 0.566. The van der Waals surface area contributed by atoms with Crippen LogP contribution in [0.15, 0.2) is 71.3 Å². The predicted octanol–water partition coefficient (Wildman–Crippen LogP) is 4.05. The van der Waals surface area contributed by atoms with E-state index >= 15 is 0 Å². The summed E-state index contributed by atoms with van der Waals surface area (Å²) in [6.45, 7) is -0.688. The van der Waals surface area contributed by atoms with E-state index in [1.54, 1.807) is 12.1 Å². The molecule has 2 heterocycles. The molecule has 176 valence electrons. The van der Waals surface area contributed by atoms with Crippen LogP contribution in [0.1, 0.15) is 27.2 Å². The lowest BCUT2D eigenvalue weighted by Gasteiger charge is -2.34. The van der Waals surface area contributed by atoms with Crippen LogP contribution in [-0.4, -0.2) is 35.3 Å². The number of benzene rings is 2. The number of hydrogen-bond donors (Lipinski definition) is 1. The maximum Gasteiger partial charge on any atom is 0.418 e. The molecule has 0 fully saturated rings. The van der Waals surface area contributed by atoms with Crippen molar-refractivity contribution in [3.63, 3.8) is 0 Å². The summed E-state index contributed by atoms with van der Waals surface area (Å²) in [7, 11) is 0. The first-order valence-electron chi connectivity index (χ1n) is 10.3. The van der Waals surface area contributed by atoms with Crippen LogP contribution in [0.4, 0.5) is 18.9 Å². The van der Waals surface area contributed by atoms with Gasteiger partial charge >= 0.3 is 12.1 Å². The first kappa shape index (κ1) is 23.1. The summed E-state index contributed by atoms with van der Waals surface area (Å²) in [5.74, 6) is -2.28. The van der Waals surface area contributed by atoms with Crippen molar-refractivity contribution in [3.05, 3.63) is 89.4 Å². The van der Waals surface area contributed by atoms with E-state index in [0.717, 1.165) is 23.3 Å². The fraction of sp³-hybridized carbons (Fsp3) is 0.208. The van der Waals surface area contributed by atoms with Crippen LogP contribution >= 0.6 is 0 Å².